The van der Waals surface area contributed by atoms with Gasteiger partial charge in [-0.2, -0.15) is 0 Å². The Morgan fingerprint density at radius 2 is 1.86 bits per heavy atom. The molecule has 3 aromatic carbocycles. The average Bonchev–Trinajstić information content (AvgIpc) is 3.15. The maximum Gasteiger partial charge on any atom is 0.136 e. The van der Waals surface area contributed by atoms with E-state index in [0.717, 1.165) is 80.7 Å². The number of nitrogens with zero attached hydrogens (tertiary/aromatic N) is 4. The molecule has 37 heavy (non-hydrogen) atoms. The lowest BCUT2D eigenvalue weighted by Gasteiger charge is -2.24. The molecule has 0 saturated heterocycles. The highest BCUT2D eigenvalue weighted by atomic mass is 16.5. The summed E-state index contributed by atoms with van der Waals surface area (Å²) in [5.74, 6) is 3.64. The second kappa shape index (κ2) is 9.58. The molecule has 2 aromatic heterocycles. The molecule has 186 valence electrons. The summed E-state index contributed by atoms with van der Waals surface area (Å²) in [6.07, 6.45) is 2.39. The summed E-state index contributed by atoms with van der Waals surface area (Å²) in [6, 6.07) is 21.0. The Kier molecular flexibility index (Phi) is 5.96. The fraction of sp³-hybridized carbons (Fsp3) is 0.233. The van der Waals surface area contributed by atoms with E-state index < -0.39 is 0 Å². The number of aromatic amines is 1. The molecule has 7 heteroatoms. The van der Waals surface area contributed by atoms with Gasteiger partial charge < -0.3 is 19.4 Å². The van der Waals surface area contributed by atoms with Crippen LogP contribution in [0.25, 0.3) is 22.2 Å². The number of hydrogen-bond acceptors (Lipinski definition) is 6. The number of fused-ring (bicyclic) bond motifs is 2. The monoisotopic (exact) mass is 491 g/mol. The highest BCUT2D eigenvalue weighted by Crippen LogP contribution is 2.33. The lowest BCUT2D eigenvalue weighted by atomic mass is 10.0. The molecule has 0 fully saturated rings. The highest BCUT2D eigenvalue weighted by Gasteiger charge is 2.21. The van der Waals surface area contributed by atoms with Gasteiger partial charge in [0.1, 0.15) is 36.1 Å². The van der Waals surface area contributed by atoms with Gasteiger partial charge in [-0.05, 0) is 66.9 Å². The number of aryl methyl sites for hydroxylation is 2. The molecule has 0 amide bonds. The number of anilines is 1. The SMILES string of the molecule is COc1cccc(Cc2c(C)ncnc2N2CCOc3ccc(-c4ccc5nc(C)[nH]c5c4)cc3C2)c1. The Morgan fingerprint density at radius 1 is 1.00 bits per heavy atom. The van der Waals surface area contributed by atoms with Gasteiger partial charge in [0.05, 0.1) is 24.7 Å². The van der Waals surface area contributed by atoms with Gasteiger partial charge in [-0.3, -0.25) is 0 Å². The van der Waals surface area contributed by atoms with Crippen molar-refractivity contribution < 1.29 is 9.47 Å². The lowest BCUT2D eigenvalue weighted by Crippen LogP contribution is -2.28. The fourth-order valence-electron chi connectivity index (χ4n) is 5.03. The number of aromatic nitrogens is 4. The van der Waals surface area contributed by atoms with E-state index in [0.29, 0.717) is 13.2 Å². The van der Waals surface area contributed by atoms with Crippen LogP contribution in [0, 0.1) is 13.8 Å². The largest absolute Gasteiger partial charge is 0.497 e. The third kappa shape index (κ3) is 4.60. The molecule has 5 aromatic rings. The fourth-order valence-corrected chi connectivity index (χ4v) is 5.03. The standard InChI is InChI=1S/C30H29N5O2/c1-19-26(14-21-5-4-6-25(13-21)36-3)30(32-18-31-19)35-11-12-37-29-10-8-22(15-24(29)17-35)23-7-9-27-28(16-23)34-20(2)33-27/h4-10,13,15-16,18H,11-12,14,17H2,1-3H3,(H,33,34). The zero-order valence-electron chi connectivity index (χ0n) is 21.3. The van der Waals surface area contributed by atoms with Crippen molar-refractivity contribution in [3.8, 4) is 22.6 Å². The van der Waals surface area contributed by atoms with Crippen LogP contribution >= 0.6 is 0 Å². The molecule has 0 spiro atoms. The Morgan fingerprint density at radius 3 is 2.76 bits per heavy atom. The topological polar surface area (TPSA) is 76.2 Å². The minimum absolute atomic E-state index is 0.591. The lowest BCUT2D eigenvalue weighted by molar-refractivity contribution is 0.331. The molecule has 1 aliphatic heterocycles. The Labute approximate surface area is 216 Å². The zero-order valence-corrected chi connectivity index (χ0v) is 21.3. The van der Waals surface area contributed by atoms with E-state index in [9.17, 15) is 0 Å². The molecule has 0 radical (unpaired) electrons. The van der Waals surface area contributed by atoms with Crippen LogP contribution in [0.1, 0.15) is 28.2 Å². The number of methoxy groups -OCH3 is 1. The molecular weight excluding hydrogens is 462 g/mol. The van der Waals surface area contributed by atoms with Gasteiger partial charge in [0.15, 0.2) is 0 Å². The highest BCUT2D eigenvalue weighted by molar-refractivity contribution is 5.82. The molecule has 0 saturated carbocycles. The van der Waals surface area contributed by atoms with Crippen LogP contribution < -0.4 is 14.4 Å². The van der Waals surface area contributed by atoms with Crippen LogP contribution in [0.3, 0.4) is 0 Å². The van der Waals surface area contributed by atoms with Crippen LogP contribution in [0.5, 0.6) is 11.5 Å². The molecule has 0 atom stereocenters. The third-order valence-corrected chi connectivity index (χ3v) is 6.93. The smallest absolute Gasteiger partial charge is 0.136 e. The molecule has 6 rings (SSSR count). The van der Waals surface area contributed by atoms with E-state index in [1.54, 1.807) is 13.4 Å². The van der Waals surface area contributed by atoms with Crippen LogP contribution in [0.4, 0.5) is 5.82 Å². The molecule has 3 heterocycles. The van der Waals surface area contributed by atoms with Gasteiger partial charge in [0.2, 0.25) is 0 Å². The Balaban J connectivity index is 1.34. The number of hydrogen-bond donors (Lipinski definition) is 1. The van der Waals surface area contributed by atoms with Crippen molar-refractivity contribution in [3.63, 3.8) is 0 Å². The van der Waals surface area contributed by atoms with E-state index in [1.165, 1.54) is 0 Å². The number of ether oxygens (including phenoxy) is 2. The number of H-pyrrole nitrogens is 1. The second-order valence-electron chi connectivity index (χ2n) is 9.44. The van der Waals surface area contributed by atoms with Crippen molar-refractivity contribution in [1.29, 1.82) is 0 Å². The van der Waals surface area contributed by atoms with Gasteiger partial charge >= 0.3 is 0 Å². The van der Waals surface area contributed by atoms with Gasteiger partial charge in [-0.25, -0.2) is 15.0 Å². The van der Waals surface area contributed by atoms with Crippen molar-refractivity contribution >= 4 is 16.9 Å². The van der Waals surface area contributed by atoms with E-state index in [-0.39, 0.29) is 0 Å². The molecule has 0 bridgehead atoms. The molecule has 1 aliphatic rings. The summed E-state index contributed by atoms with van der Waals surface area (Å²) in [6.45, 7) is 6.06. The number of benzene rings is 3. The maximum absolute atomic E-state index is 6.17. The normalized spacial score (nSPS) is 13.2. The van der Waals surface area contributed by atoms with Crippen molar-refractivity contribution in [1.82, 2.24) is 19.9 Å². The molecule has 0 unspecified atom stereocenters. The van der Waals surface area contributed by atoms with Crippen LogP contribution in [0.2, 0.25) is 0 Å². The quantitative estimate of drug-likeness (QED) is 0.343. The molecule has 1 N–H and O–H groups in total. The molecule has 0 aliphatic carbocycles. The van der Waals surface area contributed by atoms with E-state index in [1.807, 2.05) is 26.0 Å². The van der Waals surface area contributed by atoms with Crippen molar-refractivity contribution in [3.05, 3.63) is 95.2 Å². The average molecular weight is 492 g/mol. The summed E-state index contributed by atoms with van der Waals surface area (Å²) in [5, 5.41) is 0. The minimum atomic E-state index is 0.591. The predicted molar refractivity (Wildman–Crippen MR) is 145 cm³/mol. The Hall–Kier alpha value is -4.39. The van der Waals surface area contributed by atoms with Gasteiger partial charge in [0, 0.05) is 29.8 Å². The first-order valence-electron chi connectivity index (χ1n) is 12.5. The van der Waals surface area contributed by atoms with E-state index in [4.69, 9.17) is 14.5 Å². The molecular formula is C30H29N5O2. The molecule has 7 nitrogen and oxygen atoms in total. The summed E-state index contributed by atoms with van der Waals surface area (Å²) >= 11 is 0. The van der Waals surface area contributed by atoms with E-state index >= 15 is 0 Å². The third-order valence-electron chi connectivity index (χ3n) is 6.93. The van der Waals surface area contributed by atoms with Crippen molar-refractivity contribution in [2.75, 3.05) is 25.2 Å². The summed E-state index contributed by atoms with van der Waals surface area (Å²) in [5.41, 5.74) is 8.72. The van der Waals surface area contributed by atoms with Crippen LogP contribution in [-0.2, 0) is 13.0 Å². The van der Waals surface area contributed by atoms with Crippen LogP contribution in [0.15, 0.2) is 67.0 Å². The summed E-state index contributed by atoms with van der Waals surface area (Å²) in [7, 11) is 1.69. The van der Waals surface area contributed by atoms with Crippen molar-refractivity contribution in [2.45, 2.75) is 26.8 Å². The Bertz CT molecular complexity index is 1590. The number of nitrogens with one attached hydrogen (secondary N) is 1. The van der Waals surface area contributed by atoms with Gasteiger partial charge in [-0.1, -0.05) is 24.3 Å². The first kappa shape index (κ1) is 23.0. The first-order chi connectivity index (χ1) is 18.1. The number of rotatable bonds is 5. The predicted octanol–water partition coefficient (Wildman–Crippen LogP) is 5.64. The summed E-state index contributed by atoms with van der Waals surface area (Å²) < 4.78 is 11.6. The van der Waals surface area contributed by atoms with Gasteiger partial charge in [-0.15, -0.1) is 0 Å². The van der Waals surface area contributed by atoms with Gasteiger partial charge in [0.25, 0.3) is 0 Å². The minimum Gasteiger partial charge on any atom is -0.497 e. The maximum atomic E-state index is 6.17. The first-order valence-corrected chi connectivity index (χ1v) is 12.5. The van der Waals surface area contributed by atoms with Crippen molar-refractivity contribution in [2.24, 2.45) is 0 Å². The van der Waals surface area contributed by atoms with Crippen LogP contribution in [-0.4, -0.2) is 40.2 Å². The second-order valence-corrected chi connectivity index (χ2v) is 9.44. The number of imidazole rings is 1. The summed E-state index contributed by atoms with van der Waals surface area (Å²) in [4.78, 5) is 19.4. The van der Waals surface area contributed by atoms with E-state index in [2.05, 4.69) is 68.4 Å². The zero-order chi connectivity index (χ0) is 25.4.